The monoisotopic (exact) mass is 247 g/mol. The lowest BCUT2D eigenvalue weighted by Gasteiger charge is -2.10. The topological polar surface area (TPSA) is 37.8 Å². The Hall–Kier alpha value is -1.61. The predicted molar refractivity (Wildman–Crippen MR) is 70.3 cm³/mol. The third kappa shape index (κ3) is 2.74. The molecule has 1 N–H and O–H groups in total. The van der Waals surface area contributed by atoms with Crippen molar-refractivity contribution in [2.24, 2.45) is 0 Å². The van der Waals surface area contributed by atoms with Gasteiger partial charge in [0.05, 0.1) is 0 Å². The number of rotatable bonds is 3. The van der Waals surface area contributed by atoms with Gasteiger partial charge in [-0.2, -0.15) is 0 Å². The minimum atomic E-state index is 0.493. The average molecular weight is 248 g/mol. The Morgan fingerprint density at radius 1 is 1.18 bits per heavy atom. The van der Waals surface area contributed by atoms with E-state index in [0.29, 0.717) is 5.15 Å². The van der Waals surface area contributed by atoms with E-state index < -0.39 is 0 Å². The minimum absolute atomic E-state index is 0.493. The number of hydrogen-bond acceptors (Lipinski definition) is 3. The maximum absolute atomic E-state index is 5.94. The van der Waals surface area contributed by atoms with Crippen molar-refractivity contribution in [1.82, 2.24) is 9.97 Å². The Morgan fingerprint density at radius 2 is 1.94 bits per heavy atom. The van der Waals surface area contributed by atoms with E-state index in [-0.39, 0.29) is 0 Å². The summed E-state index contributed by atoms with van der Waals surface area (Å²) < 4.78 is 0. The molecule has 3 nitrogen and oxygen atoms in total. The van der Waals surface area contributed by atoms with E-state index in [2.05, 4.69) is 34.3 Å². The highest BCUT2D eigenvalue weighted by Crippen LogP contribution is 2.19. The zero-order chi connectivity index (χ0) is 12.3. The molecule has 0 aliphatic rings. The van der Waals surface area contributed by atoms with Crippen LogP contribution in [0, 0.1) is 13.8 Å². The molecule has 17 heavy (non-hydrogen) atoms. The van der Waals surface area contributed by atoms with Crippen molar-refractivity contribution in [2.45, 2.75) is 20.4 Å². The molecule has 1 heterocycles. The highest BCUT2D eigenvalue weighted by Gasteiger charge is 2.04. The summed E-state index contributed by atoms with van der Waals surface area (Å²) in [6, 6.07) is 8.26. The molecule has 0 saturated heterocycles. The quantitative estimate of drug-likeness (QED) is 0.846. The summed E-state index contributed by atoms with van der Waals surface area (Å²) in [7, 11) is 0. The molecule has 0 spiro atoms. The molecule has 0 atom stereocenters. The second-order valence-corrected chi connectivity index (χ2v) is 4.28. The van der Waals surface area contributed by atoms with Gasteiger partial charge >= 0.3 is 0 Å². The number of aromatic nitrogens is 2. The van der Waals surface area contributed by atoms with Gasteiger partial charge in [0.1, 0.15) is 17.3 Å². The van der Waals surface area contributed by atoms with Crippen LogP contribution in [0.15, 0.2) is 30.6 Å². The summed E-state index contributed by atoms with van der Waals surface area (Å²) >= 11 is 5.94. The van der Waals surface area contributed by atoms with E-state index in [4.69, 9.17) is 11.6 Å². The first-order chi connectivity index (χ1) is 8.18. The fourth-order valence-electron chi connectivity index (χ4n) is 1.59. The minimum Gasteiger partial charge on any atom is -0.366 e. The van der Waals surface area contributed by atoms with Crippen molar-refractivity contribution in [1.29, 1.82) is 0 Å². The summed E-state index contributed by atoms with van der Waals surface area (Å²) in [5.41, 5.74) is 3.39. The van der Waals surface area contributed by atoms with Crippen molar-refractivity contribution in [3.05, 3.63) is 52.4 Å². The second-order valence-electron chi connectivity index (χ2n) is 3.92. The third-order valence-corrected chi connectivity index (χ3v) is 3.11. The number of hydrogen-bond donors (Lipinski definition) is 1. The number of nitrogens with zero attached hydrogens (tertiary/aromatic N) is 2. The van der Waals surface area contributed by atoms with Gasteiger partial charge in [-0.3, -0.25) is 0 Å². The van der Waals surface area contributed by atoms with Crippen molar-refractivity contribution in [3.63, 3.8) is 0 Å². The zero-order valence-corrected chi connectivity index (χ0v) is 10.6. The lowest BCUT2D eigenvalue weighted by atomic mass is 10.1. The Morgan fingerprint density at radius 3 is 2.71 bits per heavy atom. The molecule has 0 fully saturated rings. The van der Waals surface area contributed by atoms with Crippen LogP contribution in [-0.2, 0) is 6.54 Å². The lowest BCUT2D eigenvalue weighted by Crippen LogP contribution is -2.05. The van der Waals surface area contributed by atoms with Crippen molar-refractivity contribution >= 4 is 17.4 Å². The number of nitrogens with one attached hydrogen (secondary N) is 1. The molecule has 0 amide bonds. The molecule has 0 saturated carbocycles. The standard InChI is InChI=1S/C13H14ClN3/c1-9-5-3-4-6-11(9)7-15-13-10(2)12(14)16-8-17-13/h3-6,8H,7H2,1-2H3,(H,15,16,17). The largest absolute Gasteiger partial charge is 0.366 e. The van der Waals surface area contributed by atoms with Crippen molar-refractivity contribution < 1.29 is 0 Å². The van der Waals surface area contributed by atoms with E-state index in [0.717, 1.165) is 17.9 Å². The molecule has 0 unspecified atom stereocenters. The zero-order valence-electron chi connectivity index (χ0n) is 9.87. The predicted octanol–water partition coefficient (Wildman–Crippen LogP) is 3.36. The van der Waals surface area contributed by atoms with Gasteiger partial charge < -0.3 is 5.32 Å². The van der Waals surface area contributed by atoms with Gasteiger partial charge in [-0.25, -0.2) is 9.97 Å². The molecular weight excluding hydrogens is 234 g/mol. The molecule has 4 heteroatoms. The van der Waals surface area contributed by atoms with Gasteiger partial charge in [-0.1, -0.05) is 35.9 Å². The van der Waals surface area contributed by atoms with Crippen LogP contribution in [0.2, 0.25) is 5.15 Å². The summed E-state index contributed by atoms with van der Waals surface area (Å²) in [5.74, 6) is 0.785. The Kier molecular flexibility index (Phi) is 3.59. The number of benzene rings is 1. The third-order valence-electron chi connectivity index (χ3n) is 2.73. The first-order valence-corrected chi connectivity index (χ1v) is 5.82. The van der Waals surface area contributed by atoms with E-state index in [1.54, 1.807) is 0 Å². The molecular formula is C13H14ClN3. The maximum atomic E-state index is 5.94. The summed E-state index contributed by atoms with van der Waals surface area (Å²) in [4.78, 5) is 8.10. The van der Waals surface area contributed by atoms with Gasteiger partial charge in [0.15, 0.2) is 0 Å². The fourth-order valence-corrected chi connectivity index (χ4v) is 1.73. The molecule has 2 aromatic rings. The van der Waals surface area contributed by atoms with Crippen molar-refractivity contribution in [2.75, 3.05) is 5.32 Å². The molecule has 1 aromatic carbocycles. The van der Waals surface area contributed by atoms with E-state index in [9.17, 15) is 0 Å². The molecule has 2 rings (SSSR count). The number of halogens is 1. The van der Waals surface area contributed by atoms with E-state index in [1.807, 2.05) is 19.1 Å². The van der Waals surface area contributed by atoms with Gasteiger partial charge in [0.2, 0.25) is 0 Å². The van der Waals surface area contributed by atoms with Gasteiger partial charge in [-0.05, 0) is 25.0 Å². The van der Waals surface area contributed by atoms with Crippen LogP contribution in [0.25, 0.3) is 0 Å². The number of anilines is 1. The summed E-state index contributed by atoms with van der Waals surface area (Å²) in [5, 5.41) is 3.77. The first-order valence-electron chi connectivity index (χ1n) is 5.44. The Balaban J connectivity index is 2.13. The second kappa shape index (κ2) is 5.15. The molecule has 1 aromatic heterocycles. The molecule has 88 valence electrons. The highest BCUT2D eigenvalue weighted by molar-refractivity contribution is 6.30. The van der Waals surface area contributed by atoms with Crippen LogP contribution in [-0.4, -0.2) is 9.97 Å². The van der Waals surface area contributed by atoms with Gasteiger partial charge in [0.25, 0.3) is 0 Å². The summed E-state index contributed by atoms with van der Waals surface area (Å²) in [6.45, 7) is 4.74. The van der Waals surface area contributed by atoms with Gasteiger partial charge in [0, 0.05) is 12.1 Å². The molecule has 0 aliphatic heterocycles. The average Bonchev–Trinajstić information content (AvgIpc) is 2.33. The van der Waals surface area contributed by atoms with Crippen molar-refractivity contribution in [3.8, 4) is 0 Å². The van der Waals surface area contributed by atoms with Crippen LogP contribution in [0.5, 0.6) is 0 Å². The Bertz CT molecular complexity index is 526. The van der Waals surface area contributed by atoms with Crippen LogP contribution in [0.3, 0.4) is 0 Å². The fraction of sp³-hybridized carbons (Fsp3) is 0.231. The first kappa shape index (κ1) is 11.9. The van der Waals surface area contributed by atoms with Crippen LogP contribution < -0.4 is 5.32 Å². The molecule has 0 aliphatic carbocycles. The molecule has 0 bridgehead atoms. The highest BCUT2D eigenvalue weighted by atomic mass is 35.5. The molecule has 0 radical (unpaired) electrons. The summed E-state index contributed by atoms with van der Waals surface area (Å²) in [6.07, 6.45) is 1.47. The van der Waals surface area contributed by atoms with E-state index >= 15 is 0 Å². The number of aryl methyl sites for hydroxylation is 1. The van der Waals surface area contributed by atoms with Gasteiger partial charge in [-0.15, -0.1) is 0 Å². The normalized spacial score (nSPS) is 10.3. The maximum Gasteiger partial charge on any atom is 0.137 e. The Labute approximate surface area is 106 Å². The van der Waals surface area contributed by atoms with Crippen LogP contribution in [0.1, 0.15) is 16.7 Å². The smallest absolute Gasteiger partial charge is 0.137 e. The lowest BCUT2D eigenvalue weighted by molar-refractivity contribution is 1.05. The van der Waals surface area contributed by atoms with Crippen LogP contribution >= 0.6 is 11.6 Å². The van der Waals surface area contributed by atoms with E-state index in [1.165, 1.54) is 17.5 Å². The SMILES string of the molecule is Cc1ccccc1CNc1ncnc(Cl)c1C. The van der Waals surface area contributed by atoms with Crippen LogP contribution in [0.4, 0.5) is 5.82 Å².